The van der Waals surface area contributed by atoms with Crippen molar-refractivity contribution in [2.45, 2.75) is 102 Å². The van der Waals surface area contributed by atoms with Crippen molar-refractivity contribution in [1.29, 1.82) is 0 Å². The van der Waals surface area contributed by atoms with Crippen LogP contribution in [-0.4, -0.2) is 6.36 Å². The molecule has 0 amide bonds. The highest BCUT2D eigenvalue weighted by molar-refractivity contribution is 5.41. The first-order chi connectivity index (χ1) is 21.8. The maximum absolute atomic E-state index is 15.8. The number of unbranched alkanes of at least 4 members (excludes halogenated alkanes) is 1. The molecule has 3 aromatic carbocycles. The van der Waals surface area contributed by atoms with E-state index in [1.807, 2.05) is 6.92 Å². The molecule has 0 aromatic heterocycles. The van der Waals surface area contributed by atoms with Crippen LogP contribution in [0.3, 0.4) is 0 Å². The fraction of sp³-hybridized carbons (Fsp3) is 0.486. The summed E-state index contributed by atoms with van der Waals surface area (Å²) in [6.45, 7) is 1.96. The zero-order valence-corrected chi connectivity index (χ0v) is 25.2. The summed E-state index contributed by atoms with van der Waals surface area (Å²) in [4.78, 5) is 0. The van der Waals surface area contributed by atoms with Crippen LogP contribution in [0.15, 0.2) is 24.3 Å². The predicted molar refractivity (Wildman–Crippen MR) is 152 cm³/mol. The van der Waals surface area contributed by atoms with Gasteiger partial charge in [-0.15, -0.1) is 13.2 Å². The first-order valence-corrected chi connectivity index (χ1v) is 15.7. The molecule has 1 fully saturated rings. The Bertz CT molecular complexity index is 1550. The molecule has 0 heterocycles. The standard InChI is InChI=1S/C35H34F10O/c1-2-3-4-21-12-13-22(30(39)29(21)38)7-5-18-6-14-24-25(15-18)32(41)33(42)28(31(24)40)20-10-8-19(9-11-20)23-16-26(36)34(27(37)17-23)46-35(43,44)45/h12-13,16-20H,2-11,14-15H2,1H3. The molecule has 2 aliphatic rings. The molecule has 46 heavy (non-hydrogen) atoms. The van der Waals surface area contributed by atoms with Crippen LogP contribution in [-0.2, 0) is 25.7 Å². The zero-order valence-electron chi connectivity index (χ0n) is 25.2. The molecule has 250 valence electrons. The summed E-state index contributed by atoms with van der Waals surface area (Å²) in [7, 11) is 0. The minimum Gasteiger partial charge on any atom is -0.399 e. The summed E-state index contributed by atoms with van der Waals surface area (Å²) >= 11 is 0. The van der Waals surface area contributed by atoms with Gasteiger partial charge in [-0.3, -0.25) is 0 Å². The minimum absolute atomic E-state index is 0.0441. The Kier molecular flexibility index (Phi) is 10.3. The van der Waals surface area contributed by atoms with E-state index in [2.05, 4.69) is 4.74 Å². The van der Waals surface area contributed by atoms with Crippen molar-refractivity contribution in [3.8, 4) is 5.75 Å². The molecule has 11 heteroatoms. The quantitative estimate of drug-likeness (QED) is 0.164. The van der Waals surface area contributed by atoms with E-state index in [4.69, 9.17) is 0 Å². The van der Waals surface area contributed by atoms with E-state index in [1.165, 1.54) is 0 Å². The summed E-state index contributed by atoms with van der Waals surface area (Å²) in [6.07, 6.45) is -1.19. The molecule has 0 saturated heterocycles. The van der Waals surface area contributed by atoms with Gasteiger partial charge in [0.15, 0.2) is 34.9 Å². The number of halogens is 10. The number of fused-ring (bicyclic) bond motifs is 1. The number of hydrogen-bond acceptors (Lipinski definition) is 1. The van der Waals surface area contributed by atoms with Crippen LogP contribution >= 0.6 is 0 Å². The fourth-order valence-electron chi connectivity index (χ4n) is 7.08. The molecule has 2 aliphatic carbocycles. The third-order valence-corrected chi connectivity index (χ3v) is 9.56. The maximum atomic E-state index is 15.8. The molecular formula is C35H34F10O. The molecule has 1 atom stereocenters. The highest BCUT2D eigenvalue weighted by atomic mass is 19.4. The molecule has 0 bridgehead atoms. The maximum Gasteiger partial charge on any atom is 0.573 e. The number of ether oxygens (including phenoxy) is 1. The van der Waals surface area contributed by atoms with Crippen molar-refractivity contribution < 1.29 is 48.6 Å². The Morgan fingerprint density at radius 2 is 1.28 bits per heavy atom. The summed E-state index contributed by atoms with van der Waals surface area (Å²) in [5, 5.41) is 0. The Hall–Kier alpha value is -3.24. The second-order valence-electron chi connectivity index (χ2n) is 12.5. The van der Waals surface area contributed by atoms with Crippen molar-refractivity contribution in [2.75, 3.05) is 0 Å². The van der Waals surface area contributed by atoms with Crippen molar-refractivity contribution in [3.05, 3.63) is 98.4 Å². The van der Waals surface area contributed by atoms with E-state index in [0.717, 1.165) is 25.0 Å². The van der Waals surface area contributed by atoms with Crippen LogP contribution in [0.25, 0.3) is 0 Å². The van der Waals surface area contributed by atoms with Gasteiger partial charge in [-0.05, 0) is 128 Å². The SMILES string of the molecule is CCCCc1ccc(CCC2CCc3c(F)c(C4CCC(c5cc(F)c(OC(F)(F)F)c(F)c5)CC4)c(F)c(F)c3C2)c(F)c1F. The van der Waals surface area contributed by atoms with Crippen LogP contribution in [0.5, 0.6) is 5.75 Å². The van der Waals surface area contributed by atoms with Gasteiger partial charge in [0.2, 0.25) is 5.75 Å². The van der Waals surface area contributed by atoms with E-state index in [0.29, 0.717) is 24.8 Å². The fourth-order valence-corrected chi connectivity index (χ4v) is 7.08. The molecule has 1 saturated carbocycles. The molecule has 1 unspecified atom stereocenters. The average Bonchev–Trinajstić information content (AvgIpc) is 3.01. The van der Waals surface area contributed by atoms with Gasteiger partial charge in [-0.25, -0.2) is 30.7 Å². The van der Waals surface area contributed by atoms with Gasteiger partial charge in [0.25, 0.3) is 0 Å². The third-order valence-electron chi connectivity index (χ3n) is 9.56. The summed E-state index contributed by atoms with van der Waals surface area (Å²) in [5.74, 6) is -10.9. The number of aryl methyl sites for hydroxylation is 2. The number of alkyl halides is 3. The lowest BCUT2D eigenvalue weighted by Gasteiger charge is -2.32. The van der Waals surface area contributed by atoms with Gasteiger partial charge in [-0.1, -0.05) is 25.5 Å². The van der Waals surface area contributed by atoms with Gasteiger partial charge in [0, 0.05) is 5.56 Å². The molecule has 5 rings (SSSR count). The zero-order chi connectivity index (χ0) is 33.3. The molecule has 0 N–H and O–H groups in total. The molecule has 0 spiro atoms. The lowest BCUT2D eigenvalue weighted by atomic mass is 9.73. The first kappa shape index (κ1) is 34.1. The van der Waals surface area contributed by atoms with E-state index in [1.54, 1.807) is 12.1 Å². The molecule has 1 nitrogen and oxygen atoms in total. The largest absolute Gasteiger partial charge is 0.573 e. The lowest BCUT2D eigenvalue weighted by molar-refractivity contribution is -0.276. The number of rotatable bonds is 9. The Morgan fingerprint density at radius 3 is 1.87 bits per heavy atom. The lowest BCUT2D eigenvalue weighted by Crippen LogP contribution is -2.23. The minimum atomic E-state index is -5.28. The Balaban J connectivity index is 1.25. The van der Waals surface area contributed by atoms with Gasteiger partial charge in [0.1, 0.15) is 5.82 Å². The van der Waals surface area contributed by atoms with Crippen molar-refractivity contribution >= 4 is 0 Å². The molecule has 3 aromatic rings. The number of benzene rings is 3. The Morgan fingerprint density at radius 1 is 0.696 bits per heavy atom. The van der Waals surface area contributed by atoms with E-state index in [-0.39, 0.29) is 78.7 Å². The van der Waals surface area contributed by atoms with E-state index >= 15 is 13.2 Å². The van der Waals surface area contributed by atoms with Crippen molar-refractivity contribution in [2.24, 2.45) is 5.92 Å². The van der Waals surface area contributed by atoms with Gasteiger partial charge < -0.3 is 4.74 Å². The smallest absolute Gasteiger partial charge is 0.399 e. The highest BCUT2D eigenvalue weighted by Gasteiger charge is 2.37. The van der Waals surface area contributed by atoms with Gasteiger partial charge in [-0.2, -0.15) is 0 Å². The average molecular weight is 661 g/mol. The van der Waals surface area contributed by atoms with Crippen LogP contribution in [0.1, 0.15) is 104 Å². The molecule has 0 radical (unpaired) electrons. The topological polar surface area (TPSA) is 9.23 Å². The summed E-state index contributed by atoms with van der Waals surface area (Å²) in [6, 6.07) is 4.67. The summed E-state index contributed by atoms with van der Waals surface area (Å²) < 4.78 is 145. The summed E-state index contributed by atoms with van der Waals surface area (Å²) in [5.41, 5.74) is 0.333. The second-order valence-corrected chi connectivity index (χ2v) is 12.5. The monoisotopic (exact) mass is 660 g/mol. The van der Waals surface area contributed by atoms with Gasteiger partial charge in [0.05, 0.1) is 0 Å². The number of hydrogen-bond donors (Lipinski definition) is 0. The van der Waals surface area contributed by atoms with Crippen LogP contribution in [0, 0.1) is 46.6 Å². The van der Waals surface area contributed by atoms with E-state index in [9.17, 15) is 30.7 Å². The Labute approximate surface area is 261 Å². The van der Waals surface area contributed by atoms with Crippen LogP contribution in [0.2, 0.25) is 0 Å². The highest BCUT2D eigenvalue weighted by Crippen LogP contribution is 2.45. The van der Waals surface area contributed by atoms with Crippen molar-refractivity contribution in [1.82, 2.24) is 0 Å². The molecular weight excluding hydrogens is 626 g/mol. The molecule has 0 aliphatic heterocycles. The van der Waals surface area contributed by atoms with E-state index < -0.39 is 64.7 Å². The van der Waals surface area contributed by atoms with Crippen molar-refractivity contribution in [3.63, 3.8) is 0 Å². The third kappa shape index (κ3) is 7.18. The first-order valence-electron chi connectivity index (χ1n) is 15.7. The normalized spacial score (nSPS) is 20.1. The van der Waals surface area contributed by atoms with Gasteiger partial charge >= 0.3 is 6.36 Å². The van der Waals surface area contributed by atoms with Crippen LogP contribution < -0.4 is 4.74 Å². The van der Waals surface area contributed by atoms with Crippen LogP contribution in [0.4, 0.5) is 43.9 Å². The second kappa shape index (κ2) is 13.9. The predicted octanol–water partition coefficient (Wildman–Crippen LogP) is 11.1.